The number of nitrogen functional groups attached to an aromatic ring is 1. The number of aromatic nitrogens is 8. The molecule has 6 rings (SSSR count). The van der Waals surface area contributed by atoms with Crippen LogP contribution in [0.25, 0.3) is 28.0 Å². The second-order valence-corrected chi connectivity index (χ2v) is 12.4. The molecule has 3 N–H and O–H groups in total. The Kier molecular flexibility index (Phi) is 7.43. The lowest BCUT2D eigenvalue weighted by Crippen LogP contribution is -2.37. The van der Waals surface area contributed by atoms with Crippen LogP contribution in [0.2, 0.25) is 0 Å². The first kappa shape index (κ1) is 27.9. The molecule has 0 atom stereocenters. The highest BCUT2D eigenvalue weighted by molar-refractivity contribution is 7.91. The molecule has 0 bridgehead atoms. The summed E-state index contributed by atoms with van der Waals surface area (Å²) < 4.78 is 38.9. The average Bonchev–Trinajstić information content (AvgIpc) is 3.69. The van der Waals surface area contributed by atoms with Gasteiger partial charge in [-0.2, -0.15) is 9.61 Å². The van der Waals surface area contributed by atoms with E-state index in [1.165, 1.54) is 4.52 Å². The largest absolute Gasteiger partial charge is 0.382 e. The molecule has 5 aromatic rings. The van der Waals surface area contributed by atoms with Gasteiger partial charge in [-0.1, -0.05) is 36.4 Å². The van der Waals surface area contributed by atoms with Crippen molar-refractivity contribution in [3.8, 4) is 22.4 Å². The van der Waals surface area contributed by atoms with Gasteiger partial charge >= 0.3 is 0 Å². The summed E-state index contributed by atoms with van der Waals surface area (Å²) in [6.45, 7) is 0.787. The third kappa shape index (κ3) is 5.12. The molecule has 218 valence electrons. The molecule has 1 fully saturated rings. The lowest BCUT2D eigenvalue weighted by molar-refractivity contribution is -0.0979. The summed E-state index contributed by atoms with van der Waals surface area (Å²) in [4.78, 5) is 9.58. The number of methoxy groups -OCH3 is 1. The predicted molar refractivity (Wildman–Crippen MR) is 154 cm³/mol. The molecule has 13 nitrogen and oxygen atoms in total. The molecule has 1 aromatic carbocycles. The molecule has 0 saturated heterocycles. The molecule has 0 unspecified atom stereocenters. The molecule has 1 aliphatic carbocycles. The van der Waals surface area contributed by atoms with Gasteiger partial charge in [0.05, 0.1) is 30.8 Å². The van der Waals surface area contributed by atoms with Crippen LogP contribution in [0.5, 0.6) is 0 Å². The van der Waals surface area contributed by atoms with Crippen LogP contribution < -0.4 is 5.73 Å². The number of fused-ring (bicyclic) bond motifs is 1. The van der Waals surface area contributed by atoms with Gasteiger partial charge in [0, 0.05) is 42.2 Å². The summed E-state index contributed by atoms with van der Waals surface area (Å²) in [6, 6.07) is 13.8. The molecule has 14 heteroatoms. The number of pyridine rings is 1. The third-order valence-corrected chi connectivity index (χ3v) is 8.96. The maximum atomic E-state index is 13.1. The van der Waals surface area contributed by atoms with Gasteiger partial charge in [-0.05, 0) is 42.2 Å². The van der Waals surface area contributed by atoms with E-state index in [1.54, 1.807) is 19.5 Å². The van der Waals surface area contributed by atoms with Gasteiger partial charge in [-0.15, -0.1) is 5.10 Å². The fourth-order valence-electron chi connectivity index (χ4n) is 5.69. The molecule has 0 spiro atoms. The number of rotatable bonds is 9. The maximum absolute atomic E-state index is 13.1. The van der Waals surface area contributed by atoms with Gasteiger partial charge in [0.2, 0.25) is 0 Å². The quantitative estimate of drug-likeness (QED) is 0.241. The van der Waals surface area contributed by atoms with Crippen LogP contribution in [0.15, 0.2) is 59.8 Å². The van der Waals surface area contributed by atoms with Crippen LogP contribution in [0.1, 0.15) is 43.1 Å². The predicted octanol–water partition coefficient (Wildman–Crippen LogP) is 3.17. The van der Waals surface area contributed by atoms with Crippen LogP contribution in [0.3, 0.4) is 0 Å². The number of anilines is 1. The van der Waals surface area contributed by atoms with E-state index >= 15 is 0 Å². The minimum absolute atomic E-state index is 0.00124. The molecule has 1 aliphatic rings. The first-order valence-corrected chi connectivity index (χ1v) is 15.5. The summed E-state index contributed by atoms with van der Waals surface area (Å²) in [7, 11) is -2.12. The summed E-state index contributed by atoms with van der Waals surface area (Å²) in [5.74, 6) is 0.372. The fraction of sp³-hybridized carbons (Fsp3) is 0.357. The Morgan fingerprint density at radius 2 is 1.86 bits per heavy atom. The first-order chi connectivity index (χ1) is 20.3. The van der Waals surface area contributed by atoms with Crippen LogP contribution in [-0.4, -0.2) is 75.2 Å². The number of hydrogen-bond donors (Lipinski definition) is 2. The minimum atomic E-state index is -3.73. The Bertz CT molecular complexity index is 1780. The number of nitrogens with one attached hydrogen (secondary N) is 1. The fourth-order valence-corrected chi connectivity index (χ4v) is 6.75. The molecule has 0 radical (unpaired) electrons. The lowest BCUT2D eigenvalue weighted by Gasteiger charge is -2.38. The van der Waals surface area contributed by atoms with Gasteiger partial charge < -0.3 is 15.2 Å². The number of H-pyrrole nitrogens is 1. The number of tetrazole rings is 1. The SMILES string of the molecule is COCCO[C@]1(c2nnn[nH]2)CC[C@H](c2nc3c(-c4ccc(-c5ccccc5)nc4)cnn3c(N)c2S(C)(=O)=O)CC1. The summed E-state index contributed by atoms with van der Waals surface area (Å²) >= 11 is 0. The molecule has 0 amide bonds. The van der Waals surface area contributed by atoms with Gasteiger partial charge in [0.15, 0.2) is 21.3 Å². The lowest BCUT2D eigenvalue weighted by atomic mass is 9.76. The van der Waals surface area contributed by atoms with Crippen LogP contribution in [0, 0.1) is 0 Å². The monoisotopic (exact) mass is 589 g/mol. The number of nitrogens with two attached hydrogens (primary N) is 1. The number of ether oxygens (including phenoxy) is 2. The minimum Gasteiger partial charge on any atom is -0.382 e. The highest BCUT2D eigenvalue weighted by atomic mass is 32.2. The van der Waals surface area contributed by atoms with Crippen molar-refractivity contribution in [2.75, 3.05) is 32.3 Å². The van der Waals surface area contributed by atoms with Crippen molar-refractivity contribution < 1.29 is 17.9 Å². The van der Waals surface area contributed by atoms with Crippen LogP contribution in [-0.2, 0) is 24.9 Å². The summed E-state index contributed by atoms with van der Waals surface area (Å²) in [5.41, 5.74) is 10.0. The van der Waals surface area contributed by atoms with E-state index in [2.05, 4.69) is 30.7 Å². The van der Waals surface area contributed by atoms with E-state index in [4.69, 9.17) is 20.2 Å². The first-order valence-electron chi connectivity index (χ1n) is 13.6. The van der Waals surface area contributed by atoms with E-state index in [0.717, 1.165) is 23.1 Å². The molecule has 4 heterocycles. The topological polar surface area (TPSA) is 176 Å². The van der Waals surface area contributed by atoms with Gasteiger partial charge in [-0.3, -0.25) is 4.98 Å². The van der Waals surface area contributed by atoms with Crippen LogP contribution >= 0.6 is 0 Å². The second-order valence-electron chi connectivity index (χ2n) is 10.4. The van der Waals surface area contributed by atoms with Crippen LogP contribution in [0.4, 0.5) is 5.82 Å². The Morgan fingerprint density at radius 1 is 1.07 bits per heavy atom. The number of sulfone groups is 1. The van der Waals surface area contributed by atoms with Crippen molar-refractivity contribution in [1.82, 2.24) is 40.2 Å². The number of aromatic amines is 1. The maximum Gasteiger partial charge on any atom is 0.180 e. The number of benzene rings is 1. The second kappa shape index (κ2) is 11.2. The van der Waals surface area contributed by atoms with Crippen molar-refractivity contribution in [2.24, 2.45) is 0 Å². The van der Waals surface area contributed by atoms with Gasteiger partial charge in [0.25, 0.3) is 0 Å². The number of nitrogens with zero attached hydrogens (tertiary/aromatic N) is 7. The smallest absolute Gasteiger partial charge is 0.180 e. The highest BCUT2D eigenvalue weighted by Crippen LogP contribution is 2.46. The Morgan fingerprint density at radius 3 is 2.50 bits per heavy atom. The summed E-state index contributed by atoms with van der Waals surface area (Å²) in [6.07, 6.45) is 6.80. The molecule has 0 aliphatic heterocycles. The van der Waals surface area contributed by atoms with E-state index in [0.29, 0.717) is 61.6 Å². The van der Waals surface area contributed by atoms with E-state index in [-0.39, 0.29) is 16.6 Å². The van der Waals surface area contributed by atoms with Crippen molar-refractivity contribution in [2.45, 2.75) is 42.1 Å². The normalized spacial score (nSPS) is 19.3. The van der Waals surface area contributed by atoms with Gasteiger partial charge in [-0.25, -0.2) is 18.5 Å². The Hall–Kier alpha value is -4.27. The summed E-state index contributed by atoms with van der Waals surface area (Å²) in [5, 5.41) is 18.9. The third-order valence-electron chi connectivity index (χ3n) is 7.80. The molecule has 42 heavy (non-hydrogen) atoms. The van der Waals surface area contributed by atoms with E-state index in [1.807, 2.05) is 42.5 Å². The average molecular weight is 590 g/mol. The molecule has 4 aromatic heterocycles. The standard InChI is InChI=1S/C28H31N9O4S/c1-40-14-15-41-28(27-33-35-36-34-27)12-10-19(11-13-28)23-24(42(2,38)39)25(29)37-26(32-23)21(17-31-37)20-8-9-22(30-16-20)18-6-4-3-5-7-18/h3-9,16-17,19H,10-15,29H2,1-2H3,(H,33,34,35,36)/t19-,28+. The highest BCUT2D eigenvalue weighted by Gasteiger charge is 2.43. The molecular weight excluding hydrogens is 558 g/mol. The Labute approximate surface area is 242 Å². The zero-order chi connectivity index (χ0) is 29.3. The van der Waals surface area contributed by atoms with E-state index in [9.17, 15) is 8.42 Å². The van der Waals surface area contributed by atoms with Crippen molar-refractivity contribution in [1.29, 1.82) is 0 Å². The van der Waals surface area contributed by atoms with Crippen molar-refractivity contribution in [3.05, 3.63) is 66.4 Å². The molecule has 1 saturated carbocycles. The number of hydrogen-bond acceptors (Lipinski definition) is 11. The van der Waals surface area contributed by atoms with E-state index < -0.39 is 15.4 Å². The Balaban J connectivity index is 1.37. The zero-order valence-corrected chi connectivity index (χ0v) is 24.1. The molecular formula is C28H31N9O4S. The van der Waals surface area contributed by atoms with Crippen molar-refractivity contribution in [3.63, 3.8) is 0 Å². The zero-order valence-electron chi connectivity index (χ0n) is 23.3. The van der Waals surface area contributed by atoms with Gasteiger partial charge in [0.1, 0.15) is 16.3 Å². The van der Waals surface area contributed by atoms with Crippen molar-refractivity contribution >= 4 is 21.3 Å².